The predicted octanol–water partition coefficient (Wildman–Crippen LogP) is 1.74. The Morgan fingerprint density at radius 1 is 1.47 bits per heavy atom. The van der Waals surface area contributed by atoms with Gasteiger partial charge in [-0.05, 0) is 32.2 Å². The molecule has 2 N–H and O–H groups in total. The molecule has 2 heterocycles. The van der Waals surface area contributed by atoms with Gasteiger partial charge in [-0.1, -0.05) is 18.3 Å². The van der Waals surface area contributed by atoms with Gasteiger partial charge in [-0.2, -0.15) is 0 Å². The third kappa shape index (κ3) is 2.66. The molecule has 4 nitrogen and oxygen atoms in total. The molecule has 0 bridgehead atoms. The second-order valence-corrected chi connectivity index (χ2v) is 5.58. The molecule has 0 aliphatic carbocycles. The second-order valence-electron chi connectivity index (χ2n) is 4.48. The first-order chi connectivity index (χ1) is 7.15. The summed E-state index contributed by atoms with van der Waals surface area (Å²) in [6, 6.07) is 0.652. The molecule has 5 heteroatoms. The summed E-state index contributed by atoms with van der Waals surface area (Å²) in [4.78, 5) is 2.47. The summed E-state index contributed by atoms with van der Waals surface area (Å²) in [5.74, 6) is 0.857. The maximum absolute atomic E-state index is 5.57. The minimum atomic E-state index is 0.572. The number of piperidine rings is 1. The van der Waals surface area contributed by atoms with Crippen molar-refractivity contribution in [1.82, 2.24) is 15.1 Å². The molecule has 1 aromatic rings. The number of nitrogens with two attached hydrogens (primary N) is 1. The highest BCUT2D eigenvalue weighted by Crippen LogP contribution is 2.24. The molecule has 0 spiro atoms. The number of hydrogen-bond acceptors (Lipinski definition) is 5. The van der Waals surface area contributed by atoms with Crippen molar-refractivity contribution in [1.29, 1.82) is 0 Å². The molecule has 1 aliphatic rings. The molecule has 1 aromatic heterocycles. The average molecular weight is 226 g/mol. The average Bonchev–Trinajstić information content (AvgIpc) is 2.56. The zero-order chi connectivity index (χ0) is 10.8. The molecule has 1 aliphatic heterocycles. The summed E-state index contributed by atoms with van der Waals surface area (Å²) in [7, 11) is 0. The van der Waals surface area contributed by atoms with Gasteiger partial charge < -0.3 is 5.73 Å². The summed E-state index contributed by atoms with van der Waals surface area (Å²) in [5, 5.41) is 9.52. The second kappa shape index (κ2) is 4.45. The maximum atomic E-state index is 5.57. The van der Waals surface area contributed by atoms with Crippen LogP contribution in [0.5, 0.6) is 0 Å². The lowest BCUT2D eigenvalue weighted by molar-refractivity contribution is 0.122. The third-order valence-electron chi connectivity index (χ3n) is 3.10. The monoisotopic (exact) mass is 226 g/mol. The molecule has 0 amide bonds. The van der Waals surface area contributed by atoms with Crippen LogP contribution in [0.3, 0.4) is 0 Å². The van der Waals surface area contributed by atoms with Crippen LogP contribution in [0.15, 0.2) is 0 Å². The molecule has 15 heavy (non-hydrogen) atoms. The van der Waals surface area contributed by atoms with E-state index in [0.717, 1.165) is 17.5 Å². The van der Waals surface area contributed by atoms with Gasteiger partial charge in [-0.15, -0.1) is 10.2 Å². The Bertz CT molecular complexity index is 325. The van der Waals surface area contributed by atoms with Gasteiger partial charge >= 0.3 is 0 Å². The fourth-order valence-corrected chi connectivity index (χ4v) is 2.83. The lowest BCUT2D eigenvalue weighted by atomic mass is 9.93. The number of nitrogen functional groups attached to an aromatic ring is 1. The first-order valence-corrected chi connectivity index (χ1v) is 6.28. The van der Waals surface area contributed by atoms with Gasteiger partial charge in [0.15, 0.2) is 0 Å². The summed E-state index contributed by atoms with van der Waals surface area (Å²) in [5.41, 5.74) is 5.57. The number of hydrogen-bond donors (Lipinski definition) is 1. The van der Waals surface area contributed by atoms with Gasteiger partial charge in [0.25, 0.3) is 0 Å². The van der Waals surface area contributed by atoms with Crippen molar-refractivity contribution in [3.05, 3.63) is 5.01 Å². The number of nitrogens with zero attached hydrogens (tertiary/aromatic N) is 3. The van der Waals surface area contributed by atoms with Crippen LogP contribution >= 0.6 is 11.3 Å². The van der Waals surface area contributed by atoms with Crippen molar-refractivity contribution >= 4 is 16.5 Å². The van der Waals surface area contributed by atoms with Gasteiger partial charge in [0.1, 0.15) is 5.01 Å². The van der Waals surface area contributed by atoms with Crippen molar-refractivity contribution < 1.29 is 0 Å². The number of aromatic nitrogens is 2. The Labute approximate surface area is 94.5 Å². The van der Waals surface area contributed by atoms with Crippen LogP contribution in [0.2, 0.25) is 0 Å². The van der Waals surface area contributed by atoms with E-state index in [0.29, 0.717) is 11.2 Å². The molecule has 0 radical (unpaired) electrons. The summed E-state index contributed by atoms with van der Waals surface area (Å²) >= 11 is 1.50. The Kier molecular flexibility index (Phi) is 3.21. The first kappa shape index (κ1) is 10.8. The minimum absolute atomic E-state index is 0.572. The molecule has 0 saturated carbocycles. The SMILES string of the molecule is CC1CCN(Cc2nnc(N)s2)C(C)C1. The molecule has 2 atom stereocenters. The number of rotatable bonds is 2. The smallest absolute Gasteiger partial charge is 0.203 e. The van der Waals surface area contributed by atoms with Crippen molar-refractivity contribution in [2.75, 3.05) is 12.3 Å². The zero-order valence-electron chi connectivity index (χ0n) is 9.31. The van der Waals surface area contributed by atoms with Gasteiger partial charge in [-0.3, -0.25) is 4.90 Å². The van der Waals surface area contributed by atoms with E-state index in [-0.39, 0.29) is 0 Å². The van der Waals surface area contributed by atoms with E-state index in [1.165, 1.54) is 30.7 Å². The summed E-state index contributed by atoms with van der Waals surface area (Å²) in [6.45, 7) is 6.70. The Morgan fingerprint density at radius 2 is 2.27 bits per heavy atom. The van der Waals surface area contributed by atoms with E-state index >= 15 is 0 Å². The number of likely N-dealkylation sites (tertiary alicyclic amines) is 1. The highest BCUT2D eigenvalue weighted by Gasteiger charge is 2.23. The molecule has 0 aromatic carbocycles. The van der Waals surface area contributed by atoms with Crippen LogP contribution < -0.4 is 5.73 Å². The van der Waals surface area contributed by atoms with Gasteiger partial charge in [0.05, 0.1) is 6.54 Å². The molecular formula is C10H18N4S. The quantitative estimate of drug-likeness (QED) is 0.834. The summed E-state index contributed by atoms with van der Waals surface area (Å²) < 4.78 is 0. The van der Waals surface area contributed by atoms with Crippen molar-refractivity contribution in [2.24, 2.45) is 5.92 Å². The minimum Gasteiger partial charge on any atom is -0.374 e. The Balaban J connectivity index is 1.94. The molecule has 1 fully saturated rings. The molecule has 2 rings (SSSR count). The third-order valence-corrected chi connectivity index (χ3v) is 3.83. The van der Waals surface area contributed by atoms with Crippen LogP contribution in [0.25, 0.3) is 0 Å². The number of anilines is 1. The Morgan fingerprint density at radius 3 is 2.87 bits per heavy atom. The normalized spacial score (nSPS) is 28.1. The van der Waals surface area contributed by atoms with Crippen LogP contribution in [0, 0.1) is 5.92 Å². The van der Waals surface area contributed by atoms with E-state index in [1.54, 1.807) is 0 Å². The van der Waals surface area contributed by atoms with Crippen LogP contribution in [0.1, 0.15) is 31.7 Å². The van der Waals surface area contributed by atoms with Crippen LogP contribution in [-0.4, -0.2) is 27.7 Å². The predicted molar refractivity (Wildman–Crippen MR) is 62.6 cm³/mol. The zero-order valence-corrected chi connectivity index (χ0v) is 10.1. The molecular weight excluding hydrogens is 208 g/mol. The van der Waals surface area contributed by atoms with E-state index in [1.807, 2.05) is 0 Å². The topological polar surface area (TPSA) is 55.0 Å². The Hall–Kier alpha value is -0.680. The lowest BCUT2D eigenvalue weighted by Crippen LogP contribution is -2.39. The molecule has 2 unspecified atom stereocenters. The van der Waals surface area contributed by atoms with E-state index in [9.17, 15) is 0 Å². The van der Waals surface area contributed by atoms with Crippen molar-refractivity contribution in [3.63, 3.8) is 0 Å². The van der Waals surface area contributed by atoms with E-state index < -0.39 is 0 Å². The van der Waals surface area contributed by atoms with Crippen LogP contribution in [-0.2, 0) is 6.54 Å². The van der Waals surface area contributed by atoms with E-state index in [4.69, 9.17) is 5.73 Å². The van der Waals surface area contributed by atoms with Gasteiger partial charge in [0.2, 0.25) is 5.13 Å². The summed E-state index contributed by atoms with van der Waals surface area (Å²) in [6.07, 6.45) is 2.58. The fourth-order valence-electron chi connectivity index (χ4n) is 2.19. The van der Waals surface area contributed by atoms with E-state index in [2.05, 4.69) is 28.9 Å². The molecule has 1 saturated heterocycles. The standard InChI is InChI=1S/C10H18N4S/c1-7-3-4-14(8(2)5-7)6-9-12-13-10(11)15-9/h7-8H,3-6H2,1-2H3,(H2,11,13). The first-order valence-electron chi connectivity index (χ1n) is 5.47. The van der Waals surface area contributed by atoms with Gasteiger partial charge in [0, 0.05) is 6.04 Å². The van der Waals surface area contributed by atoms with Crippen molar-refractivity contribution in [3.8, 4) is 0 Å². The van der Waals surface area contributed by atoms with Crippen molar-refractivity contribution in [2.45, 2.75) is 39.3 Å². The largest absolute Gasteiger partial charge is 0.374 e. The van der Waals surface area contributed by atoms with Crippen LogP contribution in [0.4, 0.5) is 5.13 Å². The maximum Gasteiger partial charge on any atom is 0.203 e. The fraction of sp³-hybridized carbons (Fsp3) is 0.800. The highest BCUT2D eigenvalue weighted by atomic mass is 32.1. The molecule has 84 valence electrons. The highest BCUT2D eigenvalue weighted by molar-refractivity contribution is 7.15. The lowest BCUT2D eigenvalue weighted by Gasteiger charge is -2.35. The van der Waals surface area contributed by atoms with Gasteiger partial charge in [-0.25, -0.2) is 0 Å².